The number of fused-ring (bicyclic) bond motifs is 10. The number of aliphatic hydroxyl groups is 1. The van der Waals surface area contributed by atoms with Crippen LogP contribution in [0.25, 0.3) is 0 Å². The van der Waals surface area contributed by atoms with Crippen LogP contribution in [-0.2, 0) is 66.5 Å². The van der Waals surface area contributed by atoms with Crippen molar-refractivity contribution in [2.24, 2.45) is 23.7 Å². The number of ether oxygens (including phenoxy) is 10. The van der Waals surface area contributed by atoms with Crippen LogP contribution in [0.4, 0.5) is 0 Å². The first-order chi connectivity index (χ1) is 27.0. The second kappa shape index (κ2) is 21.7. The topological polar surface area (TPSA) is 196 Å². The first kappa shape index (κ1) is 41.9. The van der Waals surface area contributed by atoms with Gasteiger partial charge < -0.3 is 52.5 Å². The molecule has 10 unspecified atom stereocenters. The van der Waals surface area contributed by atoms with E-state index in [9.17, 15) is 19.2 Å². The van der Waals surface area contributed by atoms with Gasteiger partial charge in [0.25, 0.3) is 0 Å². The minimum atomic E-state index is -0.344. The predicted molar refractivity (Wildman–Crippen MR) is 189 cm³/mol. The van der Waals surface area contributed by atoms with Crippen LogP contribution < -0.4 is 5.32 Å². The highest BCUT2D eigenvalue weighted by atomic mass is 16.7. The van der Waals surface area contributed by atoms with E-state index in [1.54, 1.807) is 0 Å². The van der Waals surface area contributed by atoms with Gasteiger partial charge in [-0.3, -0.25) is 29.4 Å². The Kier molecular flexibility index (Phi) is 16.6. The number of carbonyl (C=O) groups excluding carboxylic acids is 4. The molecule has 8 rings (SSSR count). The maximum atomic E-state index is 12.4. The molecular weight excluding hydrogens is 724 g/mol. The number of likely N-dealkylation sites (tertiary alicyclic amines) is 1. The molecule has 55 heavy (non-hydrogen) atoms. The lowest BCUT2D eigenvalue weighted by atomic mass is 9.85. The normalized spacial score (nSPS) is 33.7. The van der Waals surface area contributed by atoms with Crippen LogP contribution >= 0.6 is 0 Å². The average Bonchev–Trinajstić information content (AvgIpc) is 4.07. The van der Waals surface area contributed by atoms with Gasteiger partial charge in [-0.2, -0.15) is 0 Å². The van der Waals surface area contributed by atoms with E-state index in [1.165, 1.54) is 11.3 Å². The molecule has 308 valence electrons. The van der Waals surface area contributed by atoms with Crippen molar-refractivity contribution in [1.82, 2.24) is 10.2 Å². The molecule has 2 N–H and O–H groups in total. The Morgan fingerprint density at radius 2 is 0.982 bits per heavy atom. The molecule has 0 aromatic heterocycles. The lowest BCUT2D eigenvalue weighted by Crippen LogP contribution is -2.37. The lowest BCUT2D eigenvalue weighted by Gasteiger charge is -2.22. The van der Waals surface area contributed by atoms with Gasteiger partial charge in [0.1, 0.15) is 0 Å². The molecule has 6 saturated heterocycles. The molecular formula is C38H56N2O15. The summed E-state index contributed by atoms with van der Waals surface area (Å²) in [5.41, 5.74) is 0. The molecule has 0 aliphatic carbocycles. The molecule has 4 amide bonds. The van der Waals surface area contributed by atoms with Gasteiger partial charge >= 0.3 is 0 Å². The summed E-state index contributed by atoms with van der Waals surface area (Å²) in [6.45, 7) is 6.63. The molecule has 8 aliphatic rings. The molecule has 4 bridgehead atoms. The summed E-state index contributed by atoms with van der Waals surface area (Å²) in [6.07, 6.45) is 13.1. The number of rotatable bonds is 19. The number of carbonyl (C=O) groups is 4. The van der Waals surface area contributed by atoms with Crippen molar-refractivity contribution < 1.29 is 71.7 Å². The van der Waals surface area contributed by atoms with E-state index in [2.05, 4.69) is 5.32 Å². The number of amides is 4. The minimum absolute atomic E-state index is 0.0389. The van der Waals surface area contributed by atoms with Crippen molar-refractivity contribution in [3.63, 3.8) is 0 Å². The molecule has 8 aliphatic heterocycles. The minimum Gasteiger partial charge on any atom is -0.394 e. The first-order valence-corrected chi connectivity index (χ1v) is 19.7. The Morgan fingerprint density at radius 1 is 0.564 bits per heavy atom. The quantitative estimate of drug-likeness (QED) is 0.103. The molecule has 10 atom stereocenters. The molecule has 17 heteroatoms. The van der Waals surface area contributed by atoms with E-state index in [0.717, 1.165) is 45.3 Å². The van der Waals surface area contributed by atoms with E-state index in [-0.39, 0.29) is 97.4 Å². The third-order valence-electron chi connectivity index (χ3n) is 10.5. The Morgan fingerprint density at radius 3 is 1.42 bits per heavy atom. The summed E-state index contributed by atoms with van der Waals surface area (Å²) >= 11 is 0. The highest BCUT2D eigenvalue weighted by molar-refractivity contribution is 6.07. The van der Waals surface area contributed by atoms with Gasteiger partial charge in [-0.15, -0.1) is 0 Å². The maximum absolute atomic E-state index is 12.4. The zero-order chi connectivity index (χ0) is 38.4. The number of nitrogens with one attached hydrogen (secondary N) is 1. The second-order valence-corrected chi connectivity index (χ2v) is 14.2. The van der Waals surface area contributed by atoms with E-state index in [0.29, 0.717) is 66.1 Å². The van der Waals surface area contributed by atoms with Crippen LogP contribution in [0.2, 0.25) is 0 Å². The third-order valence-corrected chi connectivity index (χ3v) is 10.5. The number of nitrogens with zero attached hydrogens (tertiary/aromatic N) is 1. The molecule has 0 aromatic rings. The van der Waals surface area contributed by atoms with Crippen molar-refractivity contribution in [3.8, 4) is 0 Å². The van der Waals surface area contributed by atoms with Gasteiger partial charge in [-0.25, -0.2) is 0 Å². The summed E-state index contributed by atoms with van der Waals surface area (Å²) in [5, 5.41) is 10.8. The third kappa shape index (κ3) is 11.3. The van der Waals surface area contributed by atoms with Crippen LogP contribution in [0.3, 0.4) is 0 Å². The fourth-order valence-corrected chi connectivity index (χ4v) is 7.83. The molecule has 0 aromatic carbocycles. The summed E-state index contributed by atoms with van der Waals surface area (Å²) in [6, 6.07) is 0. The molecule has 0 radical (unpaired) electrons. The Balaban J connectivity index is 0.000000155. The molecule has 8 heterocycles. The van der Waals surface area contributed by atoms with Crippen molar-refractivity contribution in [1.29, 1.82) is 0 Å². The van der Waals surface area contributed by atoms with Gasteiger partial charge in [-0.05, 0) is 38.5 Å². The zero-order valence-corrected chi connectivity index (χ0v) is 31.3. The highest BCUT2D eigenvalue weighted by Gasteiger charge is 2.60. The van der Waals surface area contributed by atoms with Crippen molar-refractivity contribution >= 4 is 23.6 Å². The SMILES string of the molecule is O=C1C2C3C=CC(O3)C2C(=O)N1CCOCCOCCOC1CCCCO1.O=C1NC(=O)C2C3C=CC(O3)C12.OCCOCCOCCOC1CCCCO1. The number of hydrogen-bond donors (Lipinski definition) is 2. The lowest BCUT2D eigenvalue weighted by molar-refractivity contribution is -0.169. The molecule has 6 fully saturated rings. The molecule has 17 nitrogen and oxygen atoms in total. The van der Waals surface area contributed by atoms with E-state index in [1.807, 2.05) is 24.3 Å². The van der Waals surface area contributed by atoms with Gasteiger partial charge in [0.2, 0.25) is 23.6 Å². The van der Waals surface area contributed by atoms with Crippen LogP contribution in [0, 0.1) is 23.7 Å². The average molecular weight is 781 g/mol. The fourth-order valence-electron chi connectivity index (χ4n) is 7.83. The van der Waals surface area contributed by atoms with E-state index >= 15 is 0 Å². The predicted octanol–water partition coefficient (Wildman–Crippen LogP) is 0.269. The summed E-state index contributed by atoms with van der Waals surface area (Å²) < 4.78 is 54.2. The molecule has 0 spiro atoms. The van der Waals surface area contributed by atoms with Gasteiger partial charge in [-0.1, -0.05) is 24.3 Å². The van der Waals surface area contributed by atoms with Gasteiger partial charge in [0.15, 0.2) is 12.6 Å². The second-order valence-electron chi connectivity index (χ2n) is 14.2. The van der Waals surface area contributed by atoms with Gasteiger partial charge in [0.05, 0.1) is 127 Å². The van der Waals surface area contributed by atoms with E-state index in [4.69, 9.17) is 52.5 Å². The fraction of sp³-hybridized carbons (Fsp3) is 0.789. The van der Waals surface area contributed by atoms with Crippen molar-refractivity contribution in [2.45, 2.75) is 75.5 Å². The monoisotopic (exact) mass is 780 g/mol. The summed E-state index contributed by atoms with van der Waals surface area (Å²) in [7, 11) is 0. The zero-order valence-electron chi connectivity index (χ0n) is 31.3. The number of imide groups is 2. The Labute approximate surface area is 321 Å². The Hall–Kier alpha value is -2.68. The summed E-state index contributed by atoms with van der Waals surface area (Å²) in [4.78, 5) is 48.6. The number of aliphatic hydroxyl groups excluding tert-OH is 1. The van der Waals surface area contributed by atoms with Crippen LogP contribution in [0.5, 0.6) is 0 Å². The maximum Gasteiger partial charge on any atom is 0.236 e. The van der Waals surface area contributed by atoms with E-state index < -0.39 is 0 Å². The van der Waals surface area contributed by atoms with Crippen LogP contribution in [0.1, 0.15) is 38.5 Å². The first-order valence-electron chi connectivity index (χ1n) is 19.7. The Bertz CT molecular complexity index is 1260. The van der Waals surface area contributed by atoms with Gasteiger partial charge in [0, 0.05) is 13.2 Å². The summed E-state index contributed by atoms with van der Waals surface area (Å²) in [5.74, 6) is -1.83. The smallest absolute Gasteiger partial charge is 0.236 e. The van der Waals surface area contributed by atoms with Crippen molar-refractivity contribution in [3.05, 3.63) is 24.3 Å². The van der Waals surface area contributed by atoms with Crippen LogP contribution in [0.15, 0.2) is 24.3 Å². The molecule has 0 saturated carbocycles. The largest absolute Gasteiger partial charge is 0.394 e. The van der Waals surface area contributed by atoms with Crippen LogP contribution in [-0.4, -0.2) is 163 Å². The highest BCUT2D eigenvalue weighted by Crippen LogP contribution is 2.45. The van der Waals surface area contributed by atoms with Crippen molar-refractivity contribution in [2.75, 3.05) is 92.4 Å². The standard InChI is InChI=1S/C19H27NO7.C11H22O5.C8H7NO3/c21-18-16-13-4-5-14(27-13)17(16)19(22)20(18)6-8-23-9-10-24-11-12-26-15-3-1-2-7-25-15;12-4-6-13-7-8-14-9-10-16-11-3-1-2-5-15-11;10-7-5-3-1-2-4(12-3)6(5)8(11)9-7/h4-5,13-17H,1-3,6-12H2;11-12H,1-10H2;1-6H,(H,9,10,11). The number of hydrogen-bond acceptors (Lipinski definition) is 15.